The number of nitrogens with two attached hydrogens (primary N) is 1. The second kappa shape index (κ2) is 5.00. The van der Waals surface area contributed by atoms with Crippen molar-refractivity contribution >= 4 is 17.6 Å². The Bertz CT molecular complexity index is 718. The predicted molar refractivity (Wildman–Crippen MR) is 72.0 cm³/mol. The summed E-state index contributed by atoms with van der Waals surface area (Å²) in [6.45, 7) is 0. The Balaban J connectivity index is 1.90. The van der Waals surface area contributed by atoms with Gasteiger partial charge in [0, 0.05) is 17.8 Å². The van der Waals surface area contributed by atoms with Gasteiger partial charge in [0.2, 0.25) is 0 Å². The molecule has 2 aromatic rings. The Morgan fingerprint density at radius 1 is 1.60 bits per heavy atom. The average molecular weight is 292 g/mol. The lowest BCUT2D eigenvalue weighted by molar-refractivity contribution is 0.318. The van der Waals surface area contributed by atoms with Crippen molar-refractivity contribution in [2.24, 2.45) is 10.9 Å². The zero-order chi connectivity index (χ0) is 14.1. The molecule has 1 aliphatic rings. The van der Waals surface area contributed by atoms with Gasteiger partial charge in [0.1, 0.15) is 5.03 Å². The van der Waals surface area contributed by atoms with Crippen molar-refractivity contribution in [3.05, 3.63) is 34.4 Å². The van der Waals surface area contributed by atoms with Gasteiger partial charge in [-0.1, -0.05) is 5.16 Å². The quantitative estimate of drug-likeness (QED) is 0.327. The second-order valence-corrected chi connectivity index (χ2v) is 5.37. The first kappa shape index (κ1) is 12.7. The van der Waals surface area contributed by atoms with Gasteiger partial charge in [-0.25, -0.2) is 14.9 Å². The highest BCUT2D eigenvalue weighted by Crippen LogP contribution is 2.37. The van der Waals surface area contributed by atoms with Gasteiger partial charge in [0.25, 0.3) is 0 Å². The lowest BCUT2D eigenvalue weighted by atomic mass is 10.2. The molecule has 8 nitrogen and oxygen atoms in total. The van der Waals surface area contributed by atoms with Crippen LogP contribution in [0, 0.1) is 0 Å². The van der Waals surface area contributed by atoms with Gasteiger partial charge in [-0.2, -0.15) is 0 Å². The molecule has 0 spiro atoms. The Kier molecular flexibility index (Phi) is 3.18. The van der Waals surface area contributed by atoms with E-state index < -0.39 is 0 Å². The van der Waals surface area contributed by atoms with E-state index in [-0.39, 0.29) is 17.6 Å². The van der Waals surface area contributed by atoms with Crippen LogP contribution < -0.4 is 11.4 Å². The predicted octanol–water partition coefficient (Wildman–Crippen LogP) is 0.547. The van der Waals surface area contributed by atoms with Crippen LogP contribution in [0.1, 0.15) is 24.4 Å². The molecular weight excluding hydrogens is 280 g/mol. The van der Waals surface area contributed by atoms with Gasteiger partial charge in [0.05, 0.1) is 0 Å². The molecule has 0 amide bonds. The first-order chi connectivity index (χ1) is 9.69. The first-order valence-corrected chi connectivity index (χ1v) is 6.79. The van der Waals surface area contributed by atoms with Crippen molar-refractivity contribution < 1.29 is 5.21 Å². The zero-order valence-corrected chi connectivity index (χ0v) is 11.2. The number of nitrogens with zero attached hydrogens (tertiary/aromatic N) is 4. The number of oxime groups is 1. The summed E-state index contributed by atoms with van der Waals surface area (Å²) in [7, 11) is 0. The summed E-state index contributed by atoms with van der Waals surface area (Å²) in [6, 6.07) is 3.55. The van der Waals surface area contributed by atoms with E-state index in [1.54, 1.807) is 22.9 Å². The van der Waals surface area contributed by atoms with Crippen molar-refractivity contribution in [2.75, 3.05) is 0 Å². The second-order valence-electron chi connectivity index (χ2n) is 4.38. The number of pyridine rings is 1. The minimum absolute atomic E-state index is 0.0101. The Morgan fingerprint density at radius 3 is 3.10 bits per heavy atom. The highest BCUT2D eigenvalue weighted by molar-refractivity contribution is 7.99. The van der Waals surface area contributed by atoms with Crippen LogP contribution in [0.5, 0.6) is 0 Å². The van der Waals surface area contributed by atoms with E-state index in [0.29, 0.717) is 15.7 Å². The van der Waals surface area contributed by atoms with Gasteiger partial charge < -0.3 is 10.9 Å². The summed E-state index contributed by atoms with van der Waals surface area (Å²) in [5, 5.41) is 19.3. The number of amidine groups is 1. The van der Waals surface area contributed by atoms with Crippen LogP contribution in [0.4, 0.5) is 0 Å². The van der Waals surface area contributed by atoms with E-state index in [1.807, 2.05) is 0 Å². The molecule has 2 aromatic heterocycles. The van der Waals surface area contributed by atoms with Crippen molar-refractivity contribution in [2.45, 2.75) is 29.1 Å². The summed E-state index contributed by atoms with van der Waals surface area (Å²) in [6.07, 6.45) is 3.54. The van der Waals surface area contributed by atoms with Crippen LogP contribution in [0.25, 0.3) is 0 Å². The maximum Gasteiger partial charge on any atom is 0.344 e. The lowest BCUT2D eigenvalue weighted by Crippen LogP contribution is -2.16. The van der Waals surface area contributed by atoms with E-state index in [0.717, 1.165) is 12.8 Å². The molecule has 1 saturated carbocycles. The van der Waals surface area contributed by atoms with Crippen LogP contribution in [-0.2, 0) is 0 Å². The van der Waals surface area contributed by atoms with E-state index in [4.69, 9.17) is 10.9 Å². The maximum absolute atomic E-state index is 11.7. The van der Waals surface area contributed by atoms with E-state index in [9.17, 15) is 4.79 Å². The fourth-order valence-corrected chi connectivity index (χ4v) is 2.70. The van der Waals surface area contributed by atoms with Crippen LogP contribution in [0.2, 0.25) is 0 Å². The largest absolute Gasteiger partial charge is 0.409 e. The third-order valence-corrected chi connectivity index (χ3v) is 3.82. The van der Waals surface area contributed by atoms with Gasteiger partial charge in [-0.15, -0.1) is 5.10 Å². The first-order valence-electron chi connectivity index (χ1n) is 5.97. The van der Waals surface area contributed by atoms with Crippen LogP contribution in [0.3, 0.4) is 0 Å². The van der Waals surface area contributed by atoms with Gasteiger partial charge in [-0.05, 0) is 36.7 Å². The monoisotopic (exact) mass is 292 g/mol. The van der Waals surface area contributed by atoms with Crippen LogP contribution in [0.15, 0.2) is 38.5 Å². The number of aromatic nitrogens is 4. The summed E-state index contributed by atoms with van der Waals surface area (Å²) >= 11 is 1.26. The van der Waals surface area contributed by atoms with Crippen molar-refractivity contribution in [3.63, 3.8) is 0 Å². The van der Waals surface area contributed by atoms with Crippen molar-refractivity contribution in [1.82, 2.24) is 19.7 Å². The molecule has 4 N–H and O–H groups in total. The van der Waals surface area contributed by atoms with Crippen molar-refractivity contribution in [1.29, 1.82) is 0 Å². The number of H-pyrrole nitrogens is 1. The minimum atomic E-state index is -0.206. The summed E-state index contributed by atoms with van der Waals surface area (Å²) in [5.74, 6) is 0.0101. The molecule has 0 unspecified atom stereocenters. The highest BCUT2D eigenvalue weighted by atomic mass is 32.2. The van der Waals surface area contributed by atoms with Crippen LogP contribution >= 0.6 is 11.8 Å². The summed E-state index contributed by atoms with van der Waals surface area (Å²) < 4.78 is 1.64. The molecule has 0 atom stereocenters. The van der Waals surface area contributed by atoms with Gasteiger partial charge >= 0.3 is 5.69 Å². The number of aromatic amines is 1. The fraction of sp³-hybridized carbons (Fsp3) is 0.273. The van der Waals surface area contributed by atoms with E-state index in [2.05, 4.69) is 20.3 Å². The van der Waals surface area contributed by atoms with Gasteiger partial charge in [0.15, 0.2) is 11.0 Å². The molecule has 3 rings (SSSR count). The topological polar surface area (TPSA) is 122 Å². The zero-order valence-electron chi connectivity index (χ0n) is 10.4. The molecule has 0 radical (unpaired) electrons. The minimum Gasteiger partial charge on any atom is -0.409 e. The molecule has 2 heterocycles. The van der Waals surface area contributed by atoms with Crippen LogP contribution in [-0.4, -0.2) is 30.8 Å². The molecule has 1 fully saturated rings. The number of hydrogen-bond acceptors (Lipinski definition) is 6. The number of nitrogens with one attached hydrogen (secondary N) is 1. The van der Waals surface area contributed by atoms with E-state index >= 15 is 0 Å². The molecule has 20 heavy (non-hydrogen) atoms. The van der Waals surface area contributed by atoms with E-state index in [1.165, 1.54) is 11.8 Å². The molecule has 104 valence electrons. The highest BCUT2D eigenvalue weighted by Gasteiger charge is 2.28. The Labute approximate surface area is 117 Å². The Hall–Kier alpha value is -2.29. The molecule has 9 heteroatoms. The number of rotatable bonds is 4. The fourth-order valence-electron chi connectivity index (χ4n) is 1.79. The molecular formula is C11H12N6O2S. The molecule has 0 aliphatic heterocycles. The van der Waals surface area contributed by atoms with Crippen molar-refractivity contribution in [3.8, 4) is 0 Å². The number of hydrogen-bond donors (Lipinski definition) is 3. The third kappa shape index (κ3) is 2.39. The summed E-state index contributed by atoms with van der Waals surface area (Å²) in [4.78, 5) is 15.9. The standard InChI is InChI=1S/C11H12N6O2S/c12-9(16-19)6-3-4-13-8(5-6)20-11-15-14-10(18)17(11)7-1-2-7/h3-5,7,19H,1-2H2,(H2,12,16)(H,14,18). The third-order valence-electron chi connectivity index (χ3n) is 2.92. The lowest BCUT2D eigenvalue weighted by Gasteiger charge is -2.04. The average Bonchev–Trinajstić information content (AvgIpc) is 3.23. The normalized spacial score (nSPS) is 15.5. The summed E-state index contributed by atoms with van der Waals surface area (Å²) in [5.41, 5.74) is 5.89. The maximum atomic E-state index is 11.7. The molecule has 0 bridgehead atoms. The molecule has 0 saturated heterocycles. The molecule has 0 aromatic carbocycles. The SMILES string of the molecule is NC(=NO)c1ccnc(Sc2n[nH]c(=O)n2C2CC2)c1. The smallest absolute Gasteiger partial charge is 0.344 e. The Morgan fingerprint density at radius 2 is 2.40 bits per heavy atom. The molecule has 1 aliphatic carbocycles. The van der Waals surface area contributed by atoms with Gasteiger partial charge in [-0.3, -0.25) is 4.57 Å².